The third-order valence-electron chi connectivity index (χ3n) is 4.75. The van der Waals surface area contributed by atoms with E-state index in [0.717, 1.165) is 36.5 Å². The molecule has 0 aliphatic heterocycles. The molecule has 30 heavy (non-hydrogen) atoms. The molecule has 1 fully saturated rings. The molecule has 0 atom stereocenters. The van der Waals surface area contributed by atoms with Gasteiger partial charge in [0.15, 0.2) is 6.61 Å². The number of sulfonamides is 1. The summed E-state index contributed by atoms with van der Waals surface area (Å²) in [5.74, 6) is -1.73. The van der Waals surface area contributed by atoms with Gasteiger partial charge in [0.25, 0.3) is 5.91 Å². The number of benzene rings is 2. The van der Waals surface area contributed by atoms with Gasteiger partial charge in [-0.05, 0) is 35.7 Å². The van der Waals surface area contributed by atoms with Crippen LogP contribution in [0.1, 0.15) is 25.7 Å². The molecule has 0 spiro atoms. The Labute approximate surface area is 174 Å². The third-order valence-corrected chi connectivity index (χ3v) is 6.14. The van der Waals surface area contributed by atoms with Crippen LogP contribution in [0.15, 0.2) is 47.4 Å². The Bertz CT molecular complexity index is 1050. The number of imide groups is 1. The number of ether oxygens (including phenoxy) is 1. The standard InChI is InChI=1S/C20H23N3O6S/c24-18(23-20(26)22-16-7-3-4-8-16)13-29-19(25)12-21-30(27,28)17-10-9-14-5-1-2-6-15(14)11-17/h1-2,5-6,9-11,16,21H,3-4,7-8,12-13H2,(H2,22,23,24,26). The first-order valence-electron chi connectivity index (χ1n) is 9.58. The molecule has 10 heteroatoms. The summed E-state index contributed by atoms with van der Waals surface area (Å²) in [6.07, 6.45) is 3.80. The maximum Gasteiger partial charge on any atom is 0.321 e. The second kappa shape index (κ2) is 9.68. The lowest BCUT2D eigenvalue weighted by Gasteiger charge is -2.12. The summed E-state index contributed by atoms with van der Waals surface area (Å²) in [4.78, 5) is 35.2. The Kier molecular flexibility index (Phi) is 7.01. The monoisotopic (exact) mass is 433 g/mol. The summed E-state index contributed by atoms with van der Waals surface area (Å²) < 4.78 is 31.6. The average molecular weight is 433 g/mol. The molecule has 0 heterocycles. The number of rotatable bonds is 7. The molecule has 0 bridgehead atoms. The van der Waals surface area contributed by atoms with E-state index in [0.29, 0.717) is 0 Å². The molecule has 0 unspecified atom stereocenters. The largest absolute Gasteiger partial charge is 0.455 e. The van der Waals surface area contributed by atoms with Crippen molar-refractivity contribution in [3.63, 3.8) is 0 Å². The number of hydrogen-bond donors (Lipinski definition) is 3. The summed E-state index contributed by atoms with van der Waals surface area (Å²) in [6, 6.07) is 11.3. The maximum absolute atomic E-state index is 12.4. The molecular weight excluding hydrogens is 410 g/mol. The first-order valence-corrected chi connectivity index (χ1v) is 11.1. The lowest BCUT2D eigenvalue weighted by Crippen LogP contribution is -2.45. The van der Waals surface area contributed by atoms with Crippen LogP contribution in [0.5, 0.6) is 0 Å². The van der Waals surface area contributed by atoms with E-state index in [1.807, 2.05) is 12.1 Å². The molecular formula is C20H23N3O6S. The molecule has 3 rings (SSSR count). The quantitative estimate of drug-likeness (QED) is 0.566. The normalized spacial score (nSPS) is 14.4. The number of nitrogens with one attached hydrogen (secondary N) is 3. The fraction of sp³-hybridized carbons (Fsp3) is 0.350. The van der Waals surface area contributed by atoms with Crippen molar-refractivity contribution < 1.29 is 27.5 Å². The summed E-state index contributed by atoms with van der Waals surface area (Å²) >= 11 is 0. The molecule has 0 radical (unpaired) electrons. The van der Waals surface area contributed by atoms with Crippen molar-refractivity contribution in [3.05, 3.63) is 42.5 Å². The molecule has 3 amide bonds. The minimum Gasteiger partial charge on any atom is -0.455 e. The van der Waals surface area contributed by atoms with E-state index in [1.165, 1.54) is 12.1 Å². The van der Waals surface area contributed by atoms with E-state index in [-0.39, 0.29) is 10.9 Å². The molecule has 2 aromatic rings. The van der Waals surface area contributed by atoms with Crippen molar-refractivity contribution in [1.29, 1.82) is 0 Å². The summed E-state index contributed by atoms with van der Waals surface area (Å²) in [6.45, 7) is -1.33. The van der Waals surface area contributed by atoms with Crippen molar-refractivity contribution in [2.45, 2.75) is 36.6 Å². The molecule has 0 saturated heterocycles. The number of carbonyl (C=O) groups is 3. The number of fused-ring (bicyclic) bond motifs is 1. The highest BCUT2D eigenvalue weighted by Crippen LogP contribution is 2.19. The Morgan fingerprint density at radius 1 is 1.00 bits per heavy atom. The van der Waals surface area contributed by atoms with Crippen molar-refractivity contribution >= 4 is 38.7 Å². The molecule has 1 saturated carbocycles. The predicted molar refractivity (Wildman–Crippen MR) is 109 cm³/mol. The Hall–Kier alpha value is -2.98. The van der Waals surface area contributed by atoms with Gasteiger partial charge in [0.05, 0.1) is 4.90 Å². The van der Waals surface area contributed by atoms with Gasteiger partial charge in [0, 0.05) is 6.04 Å². The van der Waals surface area contributed by atoms with Gasteiger partial charge in [-0.2, -0.15) is 4.72 Å². The number of amides is 3. The molecule has 9 nitrogen and oxygen atoms in total. The molecule has 3 N–H and O–H groups in total. The van der Waals surface area contributed by atoms with Gasteiger partial charge in [-0.15, -0.1) is 0 Å². The van der Waals surface area contributed by atoms with Crippen LogP contribution in [0.25, 0.3) is 10.8 Å². The van der Waals surface area contributed by atoms with Gasteiger partial charge < -0.3 is 10.1 Å². The van der Waals surface area contributed by atoms with Gasteiger partial charge >= 0.3 is 12.0 Å². The van der Waals surface area contributed by atoms with Gasteiger partial charge in [0.1, 0.15) is 6.54 Å². The molecule has 0 aromatic heterocycles. The van der Waals surface area contributed by atoms with E-state index < -0.39 is 41.1 Å². The summed E-state index contributed by atoms with van der Waals surface area (Å²) in [5.41, 5.74) is 0. The van der Waals surface area contributed by atoms with E-state index in [4.69, 9.17) is 4.74 Å². The molecule has 1 aliphatic rings. The van der Waals surface area contributed by atoms with Gasteiger partial charge in [-0.25, -0.2) is 13.2 Å². The van der Waals surface area contributed by atoms with Gasteiger partial charge in [-0.3, -0.25) is 14.9 Å². The first kappa shape index (κ1) is 21.7. The predicted octanol–water partition coefficient (Wildman–Crippen LogP) is 1.43. The average Bonchev–Trinajstić information content (AvgIpc) is 3.23. The second-order valence-corrected chi connectivity index (χ2v) is 8.76. The number of urea groups is 1. The van der Waals surface area contributed by atoms with E-state index in [9.17, 15) is 22.8 Å². The highest BCUT2D eigenvalue weighted by atomic mass is 32.2. The van der Waals surface area contributed by atoms with Crippen LogP contribution in [0.3, 0.4) is 0 Å². The van der Waals surface area contributed by atoms with Crippen LogP contribution < -0.4 is 15.4 Å². The number of esters is 1. The molecule has 160 valence electrons. The molecule has 1 aliphatic carbocycles. The van der Waals surface area contributed by atoms with Crippen molar-refractivity contribution in [2.75, 3.05) is 13.2 Å². The SMILES string of the molecule is O=C(COC(=O)CNS(=O)(=O)c1ccc2ccccc2c1)NC(=O)NC1CCCC1. The topological polar surface area (TPSA) is 131 Å². The minimum absolute atomic E-state index is 0.00956. The van der Waals surface area contributed by atoms with Crippen LogP contribution >= 0.6 is 0 Å². The van der Waals surface area contributed by atoms with Crippen LogP contribution in [0.2, 0.25) is 0 Å². The van der Waals surface area contributed by atoms with Crippen LogP contribution in [0, 0.1) is 0 Å². The summed E-state index contributed by atoms with van der Waals surface area (Å²) in [7, 11) is -3.93. The zero-order chi connectivity index (χ0) is 21.6. The van der Waals surface area contributed by atoms with Gasteiger partial charge in [-0.1, -0.05) is 43.2 Å². The van der Waals surface area contributed by atoms with Crippen molar-refractivity contribution in [3.8, 4) is 0 Å². The van der Waals surface area contributed by atoms with Crippen LogP contribution in [-0.2, 0) is 24.3 Å². The number of carbonyl (C=O) groups excluding carboxylic acids is 3. The van der Waals surface area contributed by atoms with Crippen molar-refractivity contribution in [1.82, 2.24) is 15.4 Å². The lowest BCUT2D eigenvalue weighted by atomic mass is 10.1. The van der Waals surface area contributed by atoms with E-state index in [1.54, 1.807) is 18.2 Å². The summed E-state index contributed by atoms with van der Waals surface area (Å²) in [5, 5.41) is 6.38. The highest BCUT2D eigenvalue weighted by Gasteiger charge is 2.20. The van der Waals surface area contributed by atoms with E-state index in [2.05, 4.69) is 15.4 Å². The van der Waals surface area contributed by atoms with Crippen LogP contribution in [-0.4, -0.2) is 45.5 Å². The second-order valence-electron chi connectivity index (χ2n) is 7.00. The molecule has 2 aromatic carbocycles. The Morgan fingerprint density at radius 3 is 2.43 bits per heavy atom. The van der Waals surface area contributed by atoms with E-state index >= 15 is 0 Å². The van der Waals surface area contributed by atoms with Crippen LogP contribution in [0.4, 0.5) is 4.79 Å². The smallest absolute Gasteiger partial charge is 0.321 e. The number of hydrogen-bond acceptors (Lipinski definition) is 6. The van der Waals surface area contributed by atoms with Gasteiger partial charge in [0.2, 0.25) is 10.0 Å². The fourth-order valence-corrected chi connectivity index (χ4v) is 4.23. The van der Waals surface area contributed by atoms with Crippen molar-refractivity contribution in [2.24, 2.45) is 0 Å². The zero-order valence-corrected chi connectivity index (χ0v) is 17.0. The first-order chi connectivity index (χ1) is 14.3. The zero-order valence-electron chi connectivity index (χ0n) is 16.2. The maximum atomic E-state index is 12.4. The lowest BCUT2D eigenvalue weighted by molar-refractivity contribution is -0.147. The third kappa shape index (κ3) is 6.01. The minimum atomic E-state index is -3.93. The highest BCUT2D eigenvalue weighted by molar-refractivity contribution is 7.89. The fourth-order valence-electron chi connectivity index (χ4n) is 3.22. The Morgan fingerprint density at radius 2 is 1.70 bits per heavy atom. The Balaban J connectivity index is 1.43.